The quantitative estimate of drug-likeness (QED) is 0.540. The number of anilines is 1. The van der Waals surface area contributed by atoms with E-state index in [2.05, 4.69) is 48.5 Å². The molecule has 2 fully saturated rings. The molecule has 0 radical (unpaired) electrons. The zero-order chi connectivity index (χ0) is 20.1. The van der Waals surface area contributed by atoms with Crippen LogP contribution in [0, 0.1) is 0 Å². The number of rotatable bonds is 4. The van der Waals surface area contributed by atoms with Crippen molar-refractivity contribution in [1.82, 2.24) is 35.6 Å². The summed E-state index contributed by atoms with van der Waals surface area (Å²) in [6, 6.07) is 6.31. The van der Waals surface area contributed by atoms with Crippen LogP contribution in [0.1, 0.15) is 31.4 Å². The number of ether oxygens (including phenoxy) is 1. The Balaban J connectivity index is 1.61. The fraction of sp³-hybridized carbons (Fsp3) is 0.381. The van der Waals surface area contributed by atoms with Crippen molar-refractivity contribution in [3.8, 4) is 22.6 Å². The van der Waals surface area contributed by atoms with E-state index in [1.54, 1.807) is 6.20 Å². The van der Waals surface area contributed by atoms with Gasteiger partial charge in [-0.3, -0.25) is 10.1 Å². The zero-order valence-electron chi connectivity index (χ0n) is 16.7. The number of aromatic amines is 2. The van der Waals surface area contributed by atoms with Gasteiger partial charge in [0.15, 0.2) is 0 Å². The van der Waals surface area contributed by atoms with E-state index in [0.29, 0.717) is 19.1 Å². The predicted molar refractivity (Wildman–Crippen MR) is 112 cm³/mol. The SMILES string of the molecule is C[C@@H]1COCCN1c1cc(-c2n[nH]nc2C2CC2)c2ccnc(-c3ccn[nH]3)c2n1. The van der Waals surface area contributed by atoms with Crippen LogP contribution in [0.3, 0.4) is 0 Å². The van der Waals surface area contributed by atoms with Crippen LogP contribution in [-0.4, -0.2) is 61.4 Å². The van der Waals surface area contributed by atoms with Crippen LogP contribution in [0.25, 0.3) is 33.5 Å². The van der Waals surface area contributed by atoms with Gasteiger partial charge >= 0.3 is 0 Å². The van der Waals surface area contributed by atoms with E-state index in [-0.39, 0.29) is 6.04 Å². The Morgan fingerprint density at radius 2 is 2.07 bits per heavy atom. The van der Waals surface area contributed by atoms with Crippen molar-refractivity contribution in [2.24, 2.45) is 0 Å². The second-order valence-electron chi connectivity index (χ2n) is 8.00. The maximum absolute atomic E-state index is 5.64. The maximum Gasteiger partial charge on any atom is 0.130 e. The minimum Gasteiger partial charge on any atom is -0.377 e. The van der Waals surface area contributed by atoms with Crippen LogP contribution >= 0.6 is 0 Å². The lowest BCUT2D eigenvalue weighted by Crippen LogP contribution is -2.44. The lowest BCUT2D eigenvalue weighted by Gasteiger charge is -2.34. The number of H-pyrrole nitrogens is 2. The van der Waals surface area contributed by atoms with Crippen LogP contribution in [0.4, 0.5) is 5.82 Å². The van der Waals surface area contributed by atoms with E-state index in [4.69, 9.17) is 9.72 Å². The highest BCUT2D eigenvalue weighted by molar-refractivity contribution is 6.01. The molecule has 2 N–H and O–H groups in total. The third-order valence-corrected chi connectivity index (χ3v) is 5.93. The topological polar surface area (TPSA) is 109 Å². The summed E-state index contributed by atoms with van der Waals surface area (Å²) < 4.78 is 5.64. The first-order chi connectivity index (χ1) is 14.8. The lowest BCUT2D eigenvalue weighted by molar-refractivity contribution is 0.0986. The molecule has 4 aromatic rings. The lowest BCUT2D eigenvalue weighted by atomic mass is 10.0. The number of hydrogen-bond acceptors (Lipinski definition) is 7. The summed E-state index contributed by atoms with van der Waals surface area (Å²) in [6.07, 6.45) is 5.87. The molecule has 2 aliphatic rings. The Labute approximate surface area is 172 Å². The molecule has 1 saturated heterocycles. The average Bonchev–Trinajstić information content (AvgIpc) is 3.26. The number of hydrogen-bond donors (Lipinski definition) is 2. The second-order valence-corrected chi connectivity index (χ2v) is 8.00. The summed E-state index contributed by atoms with van der Waals surface area (Å²) in [5.41, 5.74) is 5.45. The van der Waals surface area contributed by atoms with E-state index >= 15 is 0 Å². The van der Waals surface area contributed by atoms with Gasteiger partial charge in [-0.05, 0) is 38.0 Å². The molecule has 1 aliphatic carbocycles. The summed E-state index contributed by atoms with van der Waals surface area (Å²) in [6.45, 7) is 4.34. The van der Waals surface area contributed by atoms with Gasteiger partial charge in [0.1, 0.15) is 22.7 Å². The van der Waals surface area contributed by atoms with Crippen molar-refractivity contribution < 1.29 is 4.74 Å². The number of nitrogens with zero attached hydrogens (tertiary/aromatic N) is 6. The molecule has 30 heavy (non-hydrogen) atoms. The van der Waals surface area contributed by atoms with Gasteiger partial charge in [0.2, 0.25) is 0 Å². The molecule has 1 aliphatic heterocycles. The third kappa shape index (κ3) is 2.85. The van der Waals surface area contributed by atoms with Gasteiger partial charge < -0.3 is 9.64 Å². The summed E-state index contributed by atoms with van der Waals surface area (Å²) in [4.78, 5) is 12.0. The van der Waals surface area contributed by atoms with Crippen molar-refractivity contribution in [3.05, 3.63) is 36.3 Å². The van der Waals surface area contributed by atoms with Crippen LogP contribution in [0.2, 0.25) is 0 Å². The summed E-state index contributed by atoms with van der Waals surface area (Å²) in [5.74, 6) is 1.40. The van der Waals surface area contributed by atoms with Crippen molar-refractivity contribution in [3.63, 3.8) is 0 Å². The van der Waals surface area contributed by atoms with Gasteiger partial charge in [0.25, 0.3) is 0 Å². The highest BCUT2D eigenvalue weighted by Crippen LogP contribution is 2.44. The fourth-order valence-electron chi connectivity index (χ4n) is 4.21. The van der Waals surface area contributed by atoms with Crippen molar-refractivity contribution in [2.75, 3.05) is 24.7 Å². The smallest absolute Gasteiger partial charge is 0.130 e. The number of aromatic nitrogens is 7. The van der Waals surface area contributed by atoms with Crippen LogP contribution in [0.15, 0.2) is 30.6 Å². The molecule has 0 spiro atoms. The molecule has 1 saturated carbocycles. The highest BCUT2D eigenvalue weighted by Gasteiger charge is 2.31. The molecule has 0 aromatic carbocycles. The molecule has 9 heteroatoms. The van der Waals surface area contributed by atoms with E-state index in [1.165, 1.54) is 0 Å². The fourth-order valence-corrected chi connectivity index (χ4v) is 4.21. The van der Waals surface area contributed by atoms with Gasteiger partial charge in [0.05, 0.1) is 30.6 Å². The summed E-state index contributed by atoms with van der Waals surface area (Å²) in [5, 5.41) is 20.0. The van der Waals surface area contributed by atoms with Gasteiger partial charge in [0, 0.05) is 35.8 Å². The van der Waals surface area contributed by atoms with E-state index < -0.39 is 0 Å². The second kappa shape index (κ2) is 6.88. The molecule has 0 unspecified atom stereocenters. The normalized spacial score (nSPS) is 19.5. The minimum atomic E-state index is 0.240. The Morgan fingerprint density at radius 3 is 2.87 bits per heavy atom. The summed E-state index contributed by atoms with van der Waals surface area (Å²) in [7, 11) is 0. The molecule has 152 valence electrons. The Kier molecular flexibility index (Phi) is 4.02. The zero-order valence-corrected chi connectivity index (χ0v) is 16.7. The molecular weight excluding hydrogens is 380 g/mol. The van der Waals surface area contributed by atoms with Gasteiger partial charge in [-0.1, -0.05) is 0 Å². The van der Waals surface area contributed by atoms with E-state index in [0.717, 1.165) is 64.4 Å². The van der Waals surface area contributed by atoms with Crippen molar-refractivity contribution >= 4 is 16.7 Å². The largest absolute Gasteiger partial charge is 0.377 e. The van der Waals surface area contributed by atoms with Crippen LogP contribution < -0.4 is 4.90 Å². The van der Waals surface area contributed by atoms with Gasteiger partial charge in [-0.15, -0.1) is 0 Å². The number of morpholine rings is 1. The number of pyridine rings is 2. The average molecular weight is 402 g/mol. The Hall–Kier alpha value is -3.33. The van der Waals surface area contributed by atoms with Gasteiger partial charge in [-0.2, -0.15) is 20.5 Å². The van der Waals surface area contributed by atoms with E-state index in [9.17, 15) is 0 Å². The molecular formula is C21H22N8O. The molecule has 1 atom stereocenters. The standard InChI is InChI=1S/C21H22N8O/c1-12-11-30-9-8-29(12)17-10-15(20-18(13-2-3-13)26-28-27-20)14-4-6-22-21(19(14)24-17)16-5-7-23-25-16/h4-7,10,12-13H,2-3,8-9,11H2,1H3,(H,23,25)(H,26,27,28)/t12-/m1/s1. The van der Waals surface area contributed by atoms with Gasteiger partial charge in [-0.25, -0.2) is 4.98 Å². The monoisotopic (exact) mass is 402 g/mol. The number of fused-ring (bicyclic) bond motifs is 1. The Morgan fingerprint density at radius 1 is 1.13 bits per heavy atom. The van der Waals surface area contributed by atoms with E-state index in [1.807, 2.05) is 18.3 Å². The van der Waals surface area contributed by atoms with Crippen LogP contribution in [0.5, 0.6) is 0 Å². The predicted octanol–water partition coefficient (Wildman–Crippen LogP) is 2.91. The molecule has 6 rings (SSSR count). The van der Waals surface area contributed by atoms with Crippen molar-refractivity contribution in [1.29, 1.82) is 0 Å². The van der Waals surface area contributed by atoms with Crippen molar-refractivity contribution in [2.45, 2.75) is 31.7 Å². The highest BCUT2D eigenvalue weighted by atomic mass is 16.5. The first kappa shape index (κ1) is 17.5. The first-order valence-electron chi connectivity index (χ1n) is 10.3. The number of nitrogens with one attached hydrogen (secondary N) is 2. The molecule has 5 heterocycles. The van der Waals surface area contributed by atoms with Crippen LogP contribution in [-0.2, 0) is 4.74 Å². The molecule has 0 amide bonds. The first-order valence-corrected chi connectivity index (χ1v) is 10.3. The maximum atomic E-state index is 5.64. The molecule has 0 bridgehead atoms. The Bertz CT molecular complexity index is 1200. The minimum absolute atomic E-state index is 0.240. The molecule has 4 aromatic heterocycles. The summed E-state index contributed by atoms with van der Waals surface area (Å²) >= 11 is 0. The third-order valence-electron chi connectivity index (χ3n) is 5.93. The molecule has 9 nitrogen and oxygen atoms in total.